The number of rotatable bonds is 7. The van der Waals surface area contributed by atoms with Gasteiger partial charge < -0.3 is 10.2 Å². The molecule has 1 atom stereocenters. The Morgan fingerprint density at radius 2 is 1.78 bits per heavy atom. The highest BCUT2D eigenvalue weighted by atomic mass is 79.9. The van der Waals surface area contributed by atoms with Gasteiger partial charge in [-0.25, -0.2) is 0 Å². The summed E-state index contributed by atoms with van der Waals surface area (Å²) in [5.41, 5.74) is 0.936. The number of aliphatic hydroxyl groups is 2. The molecular formula is C14H22BrNO2. The van der Waals surface area contributed by atoms with Gasteiger partial charge in [0, 0.05) is 23.6 Å². The van der Waals surface area contributed by atoms with Gasteiger partial charge in [-0.3, -0.25) is 4.90 Å². The molecule has 0 heterocycles. The van der Waals surface area contributed by atoms with Crippen LogP contribution in [0, 0.1) is 0 Å². The van der Waals surface area contributed by atoms with Crippen LogP contribution < -0.4 is 0 Å². The van der Waals surface area contributed by atoms with E-state index < -0.39 is 6.10 Å². The van der Waals surface area contributed by atoms with Crippen molar-refractivity contribution in [1.29, 1.82) is 0 Å². The van der Waals surface area contributed by atoms with Gasteiger partial charge in [0.15, 0.2) is 0 Å². The molecule has 102 valence electrons. The van der Waals surface area contributed by atoms with E-state index in [0.29, 0.717) is 19.0 Å². The van der Waals surface area contributed by atoms with Crippen molar-refractivity contribution in [3.05, 3.63) is 34.3 Å². The third kappa shape index (κ3) is 5.06. The number of nitrogens with zero attached hydrogens (tertiary/aromatic N) is 1. The molecule has 0 spiro atoms. The van der Waals surface area contributed by atoms with Crippen LogP contribution in [0.4, 0.5) is 0 Å². The van der Waals surface area contributed by atoms with Crippen molar-refractivity contribution in [3.8, 4) is 0 Å². The summed E-state index contributed by atoms with van der Waals surface area (Å²) in [5, 5.41) is 19.1. The molecule has 0 amide bonds. The monoisotopic (exact) mass is 315 g/mol. The molecule has 0 fully saturated rings. The highest BCUT2D eigenvalue weighted by Crippen LogP contribution is 2.20. The number of halogens is 1. The Hall–Kier alpha value is -0.420. The van der Waals surface area contributed by atoms with Crippen molar-refractivity contribution >= 4 is 15.9 Å². The van der Waals surface area contributed by atoms with E-state index in [0.717, 1.165) is 16.6 Å². The Balaban J connectivity index is 2.48. The molecule has 0 aliphatic heterocycles. The van der Waals surface area contributed by atoms with Gasteiger partial charge in [0.05, 0.1) is 12.7 Å². The van der Waals surface area contributed by atoms with Gasteiger partial charge in [-0.1, -0.05) is 28.1 Å². The zero-order chi connectivity index (χ0) is 13.5. The highest BCUT2D eigenvalue weighted by Gasteiger charge is 2.13. The van der Waals surface area contributed by atoms with Gasteiger partial charge in [0.2, 0.25) is 0 Å². The molecule has 0 aliphatic rings. The van der Waals surface area contributed by atoms with Crippen LogP contribution in [0.1, 0.15) is 31.9 Å². The molecule has 0 aliphatic carbocycles. The topological polar surface area (TPSA) is 43.7 Å². The summed E-state index contributed by atoms with van der Waals surface area (Å²) in [6.45, 7) is 5.80. The van der Waals surface area contributed by atoms with Gasteiger partial charge in [-0.2, -0.15) is 0 Å². The molecular weight excluding hydrogens is 294 g/mol. The predicted molar refractivity (Wildman–Crippen MR) is 77.5 cm³/mol. The Morgan fingerprint density at radius 1 is 1.17 bits per heavy atom. The third-order valence-electron chi connectivity index (χ3n) is 3.06. The van der Waals surface area contributed by atoms with Crippen LogP contribution in [0.2, 0.25) is 0 Å². The molecule has 0 bridgehead atoms. The summed E-state index contributed by atoms with van der Waals surface area (Å²) < 4.78 is 1.02. The zero-order valence-corrected chi connectivity index (χ0v) is 12.6. The van der Waals surface area contributed by atoms with Crippen molar-refractivity contribution in [1.82, 2.24) is 4.90 Å². The minimum atomic E-state index is -0.446. The Labute approximate surface area is 118 Å². The fourth-order valence-electron chi connectivity index (χ4n) is 1.90. The zero-order valence-electron chi connectivity index (χ0n) is 11.0. The van der Waals surface area contributed by atoms with Crippen LogP contribution in [0.5, 0.6) is 0 Å². The molecule has 1 unspecified atom stereocenters. The summed E-state index contributed by atoms with van der Waals surface area (Å²) in [6.07, 6.45) is 0.234. The molecule has 18 heavy (non-hydrogen) atoms. The maximum Gasteiger partial charge on any atom is 0.0802 e. The Morgan fingerprint density at radius 3 is 2.28 bits per heavy atom. The second kappa shape index (κ2) is 7.89. The van der Waals surface area contributed by atoms with Crippen LogP contribution in [-0.4, -0.2) is 40.9 Å². The lowest BCUT2D eigenvalue weighted by molar-refractivity contribution is 0.116. The minimum Gasteiger partial charge on any atom is -0.395 e. The molecule has 4 heteroatoms. The summed E-state index contributed by atoms with van der Waals surface area (Å²) in [4.78, 5) is 2.17. The first kappa shape index (κ1) is 15.6. The average Bonchev–Trinajstić information content (AvgIpc) is 2.34. The first-order chi connectivity index (χ1) is 8.54. The van der Waals surface area contributed by atoms with Crippen LogP contribution in [0.3, 0.4) is 0 Å². The summed E-state index contributed by atoms with van der Waals surface area (Å²) in [7, 11) is 0. The normalized spacial score (nSPS) is 13.3. The molecule has 0 saturated heterocycles. The Kier molecular flexibility index (Phi) is 6.86. The number of aliphatic hydroxyl groups excluding tert-OH is 2. The van der Waals surface area contributed by atoms with Crippen LogP contribution in [-0.2, 0) is 0 Å². The van der Waals surface area contributed by atoms with E-state index in [2.05, 4.69) is 34.7 Å². The second-order valence-corrected chi connectivity index (χ2v) is 5.63. The van der Waals surface area contributed by atoms with Crippen molar-refractivity contribution in [2.45, 2.75) is 32.4 Å². The quantitative estimate of drug-likeness (QED) is 0.812. The molecule has 2 N–H and O–H groups in total. The first-order valence-electron chi connectivity index (χ1n) is 6.33. The molecule has 1 aromatic rings. The van der Waals surface area contributed by atoms with Crippen molar-refractivity contribution in [2.24, 2.45) is 0 Å². The molecule has 3 nitrogen and oxygen atoms in total. The van der Waals surface area contributed by atoms with E-state index in [1.807, 2.05) is 24.3 Å². The molecule has 0 saturated carbocycles. The van der Waals surface area contributed by atoms with Gasteiger partial charge in [-0.05, 0) is 38.0 Å². The lowest BCUT2D eigenvalue weighted by atomic mass is 10.1. The van der Waals surface area contributed by atoms with Gasteiger partial charge in [-0.15, -0.1) is 0 Å². The second-order valence-electron chi connectivity index (χ2n) is 4.71. The molecule has 0 radical (unpaired) electrons. The maximum atomic E-state index is 10.1. The van der Waals surface area contributed by atoms with Crippen LogP contribution in [0.25, 0.3) is 0 Å². The van der Waals surface area contributed by atoms with E-state index >= 15 is 0 Å². The molecule has 0 aromatic heterocycles. The smallest absolute Gasteiger partial charge is 0.0802 e. The number of hydrogen-bond acceptors (Lipinski definition) is 3. The summed E-state index contributed by atoms with van der Waals surface area (Å²) >= 11 is 3.38. The highest BCUT2D eigenvalue weighted by molar-refractivity contribution is 9.10. The fraction of sp³-hybridized carbons (Fsp3) is 0.571. The Bertz CT molecular complexity index is 340. The van der Waals surface area contributed by atoms with Crippen molar-refractivity contribution in [3.63, 3.8) is 0 Å². The molecule has 1 rings (SSSR count). The minimum absolute atomic E-state index is 0.159. The van der Waals surface area contributed by atoms with E-state index in [-0.39, 0.29) is 6.61 Å². The SMILES string of the molecule is CC(C)N(CCO)CCC(O)c1ccc(Br)cc1. The van der Waals surface area contributed by atoms with Crippen LogP contribution in [0.15, 0.2) is 28.7 Å². The lowest BCUT2D eigenvalue weighted by Crippen LogP contribution is -2.35. The lowest BCUT2D eigenvalue weighted by Gasteiger charge is -2.26. The van der Waals surface area contributed by atoms with E-state index in [1.54, 1.807) is 0 Å². The third-order valence-corrected chi connectivity index (χ3v) is 3.59. The summed E-state index contributed by atoms with van der Waals surface area (Å²) in [5.74, 6) is 0. The largest absolute Gasteiger partial charge is 0.395 e. The van der Waals surface area contributed by atoms with Crippen molar-refractivity contribution in [2.75, 3.05) is 19.7 Å². The van der Waals surface area contributed by atoms with Crippen LogP contribution >= 0.6 is 15.9 Å². The fourth-order valence-corrected chi connectivity index (χ4v) is 2.16. The average molecular weight is 316 g/mol. The predicted octanol–water partition coefficient (Wildman–Crippen LogP) is 2.58. The van der Waals surface area contributed by atoms with Gasteiger partial charge in [0.1, 0.15) is 0 Å². The number of hydrogen-bond donors (Lipinski definition) is 2. The van der Waals surface area contributed by atoms with Gasteiger partial charge in [0.25, 0.3) is 0 Å². The first-order valence-corrected chi connectivity index (χ1v) is 7.12. The number of benzene rings is 1. The standard InChI is InChI=1S/C14H22BrNO2/c1-11(2)16(9-10-17)8-7-14(18)12-3-5-13(15)6-4-12/h3-6,11,14,17-18H,7-10H2,1-2H3. The van der Waals surface area contributed by atoms with Gasteiger partial charge >= 0.3 is 0 Å². The molecule has 1 aromatic carbocycles. The summed E-state index contributed by atoms with van der Waals surface area (Å²) in [6, 6.07) is 8.12. The van der Waals surface area contributed by atoms with E-state index in [9.17, 15) is 5.11 Å². The van der Waals surface area contributed by atoms with E-state index in [4.69, 9.17) is 5.11 Å². The maximum absolute atomic E-state index is 10.1. The van der Waals surface area contributed by atoms with Crippen molar-refractivity contribution < 1.29 is 10.2 Å². The van der Waals surface area contributed by atoms with E-state index in [1.165, 1.54) is 0 Å².